The molecule has 1 aliphatic rings. The molecule has 0 bridgehead atoms. The lowest BCUT2D eigenvalue weighted by atomic mass is 10.1. The van der Waals surface area contributed by atoms with Gasteiger partial charge in [-0.3, -0.25) is 4.79 Å². The van der Waals surface area contributed by atoms with Crippen molar-refractivity contribution in [2.75, 3.05) is 32.4 Å². The van der Waals surface area contributed by atoms with Crippen molar-refractivity contribution in [3.05, 3.63) is 27.5 Å². The Kier molecular flexibility index (Phi) is 4.19. The van der Waals surface area contributed by atoms with Crippen molar-refractivity contribution < 1.29 is 4.79 Å². The number of anilines is 1. The fraction of sp³-hybridized carbons (Fsp3) is 0.400. The van der Waals surface area contributed by atoms with Crippen LogP contribution in [0.5, 0.6) is 0 Å². The number of carbonyl (C=O) groups is 1. The van der Waals surface area contributed by atoms with Gasteiger partial charge < -0.3 is 16.0 Å². The predicted octanol–water partition coefficient (Wildman–Crippen LogP) is 2.93. The van der Waals surface area contributed by atoms with Crippen LogP contribution in [0.1, 0.15) is 16.1 Å². The number of carbonyl (C=O) groups excluding carboxylic acids is 1. The number of halogens is 1. The van der Waals surface area contributed by atoms with Crippen molar-refractivity contribution in [2.24, 2.45) is 5.92 Å². The molecule has 2 heterocycles. The highest BCUT2D eigenvalue weighted by Crippen LogP contribution is 2.35. The molecule has 4 nitrogen and oxygen atoms in total. The maximum Gasteiger partial charge on any atom is 0.263 e. The predicted molar refractivity (Wildman–Crippen MR) is 91.9 cm³/mol. The number of fused-ring (bicyclic) bond motifs is 1. The van der Waals surface area contributed by atoms with Crippen LogP contribution in [0.4, 0.5) is 5.69 Å². The fourth-order valence-corrected chi connectivity index (χ4v) is 4.36. The van der Waals surface area contributed by atoms with E-state index in [0.717, 1.165) is 40.6 Å². The normalized spacial score (nSPS) is 19.2. The van der Waals surface area contributed by atoms with Gasteiger partial charge >= 0.3 is 0 Å². The third-order valence-electron chi connectivity index (χ3n) is 3.94. The molecule has 0 aliphatic carbocycles. The topological polar surface area (TPSA) is 58.4 Å². The van der Waals surface area contributed by atoms with Crippen molar-refractivity contribution in [1.82, 2.24) is 10.2 Å². The van der Waals surface area contributed by atoms with E-state index in [0.29, 0.717) is 16.5 Å². The third-order valence-corrected chi connectivity index (χ3v) is 5.60. The van der Waals surface area contributed by atoms with Gasteiger partial charge in [0.2, 0.25) is 0 Å². The molecule has 21 heavy (non-hydrogen) atoms. The average molecular weight is 368 g/mol. The van der Waals surface area contributed by atoms with E-state index in [1.165, 1.54) is 11.3 Å². The average Bonchev–Trinajstić information content (AvgIpc) is 3.00. The number of benzene rings is 1. The van der Waals surface area contributed by atoms with Gasteiger partial charge in [-0.25, -0.2) is 0 Å². The maximum atomic E-state index is 12.4. The van der Waals surface area contributed by atoms with Gasteiger partial charge in [-0.15, -0.1) is 11.3 Å². The summed E-state index contributed by atoms with van der Waals surface area (Å²) in [6.45, 7) is 2.88. The van der Waals surface area contributed by atoms with Crippen LogP contribution in [0, 0.1) is 5.92 Å². The van der Waals surface area contributed by atoms with Gasteiger partial charge in [0.25, 0.3) is 5.91 Å². The molecule has 6 heteroatoms. The first-order valence-corrected chi connectivity index (χ1v) is 8.60. The highest BCUT2D eigenvalue weighted by atomic mass is 79.9. The van der Waals surface area contributed by atoms with Crippen molar-refractivity contribution >= 4 is 48.9 Å². The summed E-state index contributed by atoms with van der Waals surface area (Å²) in [6.07, 6.45) is 1.14. The minimum absolute atomic E-state index is 0.0561. The molecular formula is C15H18BrN3OS. The number of hydrogen-bond donors (Lipinski definition) is 2. The Labute approximate surface area is 136 Å². The quantitative estimate of drug-likeness (QED) is 0.876. The lowest BCUT2D eigenvalue weighted by molar-refractivity contribution is 0.0952. The van der Waals surface area contributed by atoms with Crippen LogP contribution < -0.4 is 11.1 Å². The second-order valence-electron chi connectivity index (χ2n) is 5.61. The van der Waals surface area contributed by atoms with Gasteiger partial charge in [0.15, 0.2) is 0 Å². The van der Waals surface area contributed by atoms with Gasteiger partial charge in [-0.05, 0) is 38.1 Å². The molecule has 1 aromatic heterocycles. The summed E-state index contributed by atoms with van der Waals surface area (Å²) in [7, 11) is 2.11. The third kappa shape index (κ3) is 3.07. The first-order chi connectivity index (χ1) is 10.0. The number of nitrogens with two attached hydrogens (primary N) is 1. The summed E-state index contributed by atoms with van der Waals surface area (Å²) in [5.41, 5.74) is 6.71. The van der Waals surface area contributed by atoms with Crippen molar-refractivity contribution in [3.8, 4) is 0 Å². The number of hydrogen-bond acceptors (Lipinski definition) is 4. The first kappa shape index (κ1) is 14.8. The van der Waals surface area contributed by atoms with Crippen LogP contribution in [0.2, 0.25) is 0 Å². The standard InChI is InChI=1S/C15H18BrN3OS/c1-19-5-4-9(8-19)7-18-15(20)14-13(17)11-3-2-10(16)6-12(11)21-14/h2-3,6,9H,4-5,7-8,17H2,1H3,(H,18,20). The molecule has 0 spiro atoms. The van der Waals surface area contributed by atoms with Crippen LogP contribution in [0.25, 0.3) is 10.1 Å². The number of rotatable bonds is 3. The van der Waals surface area contributed by atoms with E-state index in [1.54, 1.807) is 0 Å². The molecule has 1 unspecified atom stereocenters. The van der Waals surface area contributed by atoms with Crippen LogP contribution in [0.15, 0.2) is 22.7 Å². The summed E-state index contributed by atoms with van der Waals surface area (Å²) in [6, 6.07) is 5.90. The number of nitrogen functional groups attached to an aromatic ring is 1. The molecule has 2 aromatic rings. The molecule has 0 radical (unpaired) electrons. The smallest absolute Gasteiger partial charge is 0.263 e. The van der Waals surface area contributed by atoms with Crippen LogP contribution in [-0.4, -0.2) is 37.5 Å². The lowest BCUT2D eigenvalue weighted by Gasteiger charge is -2.11. The Morgan fingerprint density at radius 3 is 3.10 bits per heavy atom. The molecule has 1 aromatic carbocycles. The Hall–Kier alpha value is -1.11. The van der Waals surface area contributed by atoms with Crippen molar-refractivity contribution in [1.29, 1.82) is 0 Å². The molecule has 3 rings (SSSR count). The highest BCUT2D eigenvalue weighted by Gasteiger charge is 2.21. The van der Waals surface area contributed by atoms with E-state index >= 15 is 0 Å². The number of likely N-dealkylation sites (tertiary alicyclic amines) is 1. The van der Waals surface area contributed by atoms with Gasteiger partial charge in [-0.1, -0.05) is 22.0 Å². The Morgan fingerprint density at radius 2 is 2.38 bits per heavy atom. The second kappa shape index (κ2) is 5.94. The largest absolute Gasteiger partial charge is 0.397 e. The van der Waals surface area contributed by atoms with E-state index in [4.69, 9.17) is 5.73 Å². The summed E-state index contributed by atoms with van der Waals surface area (Å²) < 4.78 is 2.03. The van der Waals surface area contributed by atoms with Crippen molar-refractivity contribution in [2.45, 2.75) is 6.42 Å². The Morgan fingerprint density at radius 1 is 1.57 bits per heavy atom. The van der Waals surface area contributed by atoms with Gasteiger partial charge in [-0.2, -0.15) is 0 Å². The first-order valence-electron chi connectivity index (χ1n) is 6.99. The van der Waals surface area contributed by atoms with Crippen LogP contribution in [-0.2, 0) is 0 Å². The van der Waals surface area contributed by atoms with E-state index < -0.39 is 0 Å². The zero-order chi connectivity index (χ0) is 15.0. The molecular weight excluding hydrogens is 350 g/mol. The van der Waals surface area contributed by atoms with E-state index in [-0.39, 0.29) is 5.91 Å². The molecule has 1 fully saturated rings. The summed E-state index contributed by atoms with van der Waals surface area (Å²) in [4.78, 5) is 15.3. The molecule has 0 saturated carbocycles. The molecule has 1 atom stereocenters. The lowest BCUT2D eigenvalue weighted by Crippen LogP contribution is -2.30. The minimum atomic E-state index is -0.0561. The van der Waals surface area contributed by atoms with Gasteiger partial charge in [0.05, 0.1) is 5.69 Å². The van der Waals surface area contributed by atoms with E-state index in [2.05, 4.69) is 33.2 Å². The summed E-state index contributed by atoms with van der Waals surface area (Å²) >= 11 is 4.90. The molecule has 1 amide bonds. The van der Waals surface area contributed by atoms with Gasteiger partial charge in [0, 0.05) is 27.6 Å². The minimum Gasteiger partial charge on any atom is -0.397 e. The maximum absolute atomic E-state index is 12.4. The number of nitrogens with one attached hydrogen (secondary N) is 1. The SMILES string of the molecule is CN1CCC(CNC(=O)c2sc3cc(Br)ccc3c2N)C1. The zero-order valence-electron chi connectivity index (χ0n) is 11.9. The molecule has 1 aliphatic heterocycles. The monoisotopic (exact) mass is 367 g/mol. The van der Waals surface area contributed by atoms with Gasteiger partial charge in [0.1, 0.15) is 4.88 Å². The fourth-order valence-electron chi connectivity index (χ4n) is 2.77. The molecule has 3 N–H and O–H groups in total. The number of amides is 1. The highest BCUT2D eigenvalue weighted by molar-refractivity contribution is 9.10. The number of thiophene rings is 1. The second-order valence-corrected chi connectivity index (χ2v) is 7.58. The summed E-state index contributed by atoms with van der Waals surface area (Å²) in [5.74, 6) is 0.489. The Bertz CT molecular complexity index is 685. The van der Waals surface area contributed by atoms with Crippen LogP contribution >= 0.6 is 27.3 Å². The zero-order valence-corrected chi connectivity index (χ0v) is 14.3. The Balaban J connectivity index is 1.74. The molecule has 112 valence electrons. The van der Waals surface area contributed by atoms with Crippen molar-refractivity contribution in [3.63, 3.8) is 0 Å². The van der Waals surface area contributed by atoms with E-state index in [1.807, 2.05) is 18.2 Å². The van der Waals surface area contributed by atoms with E-state index in [9.17, 15) is 4.79 Å². The number of nitrogens with zero attached hydrogens (tertiary/aromatic N) is 1. The van der Waals surface area contributed by atoms with Crippen LogP contribution in [0.3, 0.4) is 0 Å². The summed E-state index contributed by atoms with van der Waals surface area (Å²) in [5, 5.41) is 3.98. The molecule has 1 saturated heterocycles.